The molecule has 0 saturated heterocycles. The fourth-order valence-electron chi connectivity index (χ4n) is 0.739. The Hall–Kier alpha value is -1.54. The van der Waals surface area contributed by atoms with Crippen molar-refractivity contribution < 1.29 is 14.7 Å². The van der Waals surface area contributed by atoms with Crippen LogP contribution in [0.15, 0.2) is 0 Å². The highest BCUT2D eigenvalue weighted by molar-refractivity contribution is 5.85. The molecule has 5 heteroatoms. The van der Waals surface area contributed by atoms with Gasteiger partial charge in [-0.25, -0.2) is 4.79 Å². The second kappa shape index (κ2) is 6.00. The van der Waals surface area contributed by atoms with E-state index in [0.717, 1.165) is 0 Å². The van der Waals surface area contributed by atoms with Gasteiger partial charge in [0.1, 0.15) is 6.04 Å². The van der Waals surface area contributed by atoms with Crippen LogP contribution in [0.4, 0.5) is 0 Å². The summed E-state index contributed by atoms with van der Waals surface area (Å²) in [6.07, 6.45) is 4.93. The maximum absolute atomic E-state index is 11.2. The number of nitrogens with one attached hydrogen (secondary N) is 1. The van der Waals surface area contributed by atoms with Gasteiger partial charge in [0.25, 0.3) is 0 Å². The molecule has 4 N–H and O–H groups in total. The van der Waals surface area contributed by atoms with E-state index in [1.54, 1.807) is 6.92 Å². The summed E-state index contributed by atoms with van der Waals surface area (Å²) >= 11 is 0. The highest BCUT2D eigenvalue weighted by Gasteiger charge is 2.21. The molecule has 0 rings (SSSR count). The van der Waals surface area contributed by atoms with E-state index in [4.69, 9.17) is 17.3 Å². The van der Waals surface area contributed by atoms with Crippen molar-refractivity contribution >= 4 is 11.9 Å². The highest BCUT2D eigenvalue weighted by Crippen LogP contribution is 1.96. The van der Waals surface area contributed by atoms with Gasteiger partial charge in [-0.2, -0.15) is 0 Å². The van der Waals surface area contributed by atoms with Crippen molar-refractivity contribution in [2.45, 2.75) is 19.4 Å². The van der Waals surface area contributed by atoms with Gasteiger partial charge in [0.15, 0.2) is 0 Å². The molecule has 2 atom stereocenters. The molecule has 0 aliphatic rings. The Morgan fingerprint density at radius 1 is 1.64 bits per heavy atom. The molecule has 0 heterocycles. The van der Waals surface area contributed by atoms with Crippen LogP contribution in [-0.4, -0.2) is 29.6 Å². The summed E-state index contributed by atoms with van der Waals surface area (Å²) in [5, 5.41) is 11.0. The van der Waals surface area contributed by atoms with Crippen LogP contribution < -0.4 is 11.1 Å². The van der Waals surface area contributed by atoms with Gasteiger partial charge in [-0.05, 0) is 0 Å². The molecule has 5 nitrogen and oxygen atoms in total. The first-order chi connectivity index (χ1) is 6.52. The molecular weight excluding hydrogens is 184 g/mol. The number of rotatable bonds is 5. The summed E-state index contributed by atoms with van der Waals surface area (Å²) in [6.45, 7) is 1.79. The average molecular weight is 198 g/mol. The predicted octanol–water partition coefficient (Wildman–Crippen LogP) is -0.826. The van der Waals surface area contributed by atoms with E-state index in [9.17, 15) is 9.59 Å². The molecule has 14 heavy (non-hydrogen) atoms. The van der Waals surface area contributed by atoms with Crippen molar-refractivity contribution in [3.05, 3.63) is 0 Å². The molecule has 1 amide bonds. The maximum Gasteiger partial charge on any atom is 0.327 e. The van der Waals surface area contributed by atoms with Crippen LogP contribution in [-0.2, 0) is 9.59 Å². The van der Waals surface area contributed by atoms with E-state index in [1.807, 2.05) is 0 Å². The fraction of sp³-hybridized carbons (Fsp3) is 0.556. The smallest absolute Gasteiger partial charge is 0.327 e. The Balaban J connectivity index is 4.24. The van der Waals surface area contributed by atoms with Crippen molar-refractivity contribution in [2.24, 2.45) is 11.7 Å². The van der Waals surface area contributed by atoms with Crippen LogP contribution >= 0.6 is 0 Å². The lowest BCUT2D eigenvalue weighted by Crippen LogP contribution is -2.44. The van der Waals surface area contributed by atoms with Crippen LogP contribution in [0, 0.1) is 18.3 Å². The SMILES string of the molecule is C#CCC(NC(=O)C(C)CN)C(=O)O. The normalized spacial score (nSPS) is 13.8. The number of hydrogen-bond donors (Lipinski definition) is 3. The standard InChI is InChI=1S/C9H14N2O3/c1-3-4-7(9(13)14)11-8(12)6(2)5-10/h1,6-7H,4-5,10H2,2H3,(H,11,12)(H,13,14). The van der Waals surface area contributed by atoms with Gasteiger partial charge in [0, 0.05) is 18.9 Å². The molecule has 2 unspecified atom stereocenters. The zero-order valence-corrected chi connectivity index (χ0v) is 7.99. The molecule has 0 radical (unpaired) electrons. The van der Waals surface area contributed by atoms with E-state index in [0.29, 0.717) is 0 Å². The van der Waals surface area contributed by atoms with E-state index < -0.39 is 23.8 Å². The zero-order valence-electron chi connectivity index (χ0n) is 7.99. The molecule has 0 aromatic rings. The molecule has 78 valence electrons. The van der Waals surface area contributed by atoms with Gasteiger partial charge in [-0.3, -0.25) is 4.79 Å². The summed E-state index contributed by atoms with van der Waals surface area (Å²) < 4.78 is 0. The fourth-order valence-corrected chi connectivity index (χ4v) is 0.739. The highest BCUT2D eigenvalue weighted by atomic mass is 16.4. The summed E-state index contributed by atoms with van der Waals surface area (Å²) in [5.41, 5.74) is 5.25. The topological polar surface area (TPSA) is 92.4 Å². The zero-order chi connectivity index (χ0) is 11.1. The lowest BCUT2D eigenvalue weighted by atomic mass is 10.1. The summed E-state index contributed by atoms with van der Waals surface area (Å²) in [7, 11) is 0. The van der Waals surface area contributed by atoms with Gasteiger partial charge in [0.05, 0.1) is 0 Å². The number of nitrogens with two attached hydrogens (primary N) is 1. The van der Waals surface area contributed by atoms with Crippen molar-refractivity contribution in [3.63, 3.8) is 0 Å². The molecule has 0 spiro atoms. The van der Waals surface area contributed by atoms with Gasteiger partial charge in [-0.1, -0.05) is 6.92 Å². The van der Waals surface area contributed by atoms with Crippen LogP contribution in [0.3, 0.4) is 0 Å². The summed E-state index contributed by atoms with van der Waals surface area (Å²) in [5.74, 6) is 0.245. The Morgan fingerprint density at radius 2 is 2.21 bits per heavy atom. The molecule has 0 fully saturated rings. The molecule has 0 aromatic carbocycles. The third-order valence-electron chi connectivity index (χ3n) is 1.74. The molecule has 0 aliphatic carbocycles. The first-order valence-corrected chi connectivity index (χ1v) is 4.19. The van der Waals surface area contributed by atoms with Gasteiger partial charge < -0.3 is 16.2 Å². The molecule has 0 saturated carbocycles. The van der Waals surface area contributed by atoms with Crippen molar-refractivity contribution in [3.8, 4) is 12.3 Å². The quantitative estimate of drug-likeness (QED) is 0.503. The molecule has 0 aromatic heterocycles. The van der Waals surface area contributed by atoms with Crippen LogP contribution in [0.5, 0.6) is 0 Å². The average Bonchev–Trinajstić information content (AvgIpc) is 2.15. The summed E-state index contributed by atoms with van der Waals surface area (Å²) in [4.78, 5) is 21.8. The Bertz CT molecular complexity index is 257. The van der Waals surface area contributed by atoms with Crippen molar-refractivity contribution in [1.29, 1.82) is 0 Å². The minimum atomic E-state index is -1.14. The number of terminal acetylenes is 1. The van der Waals surface area contributed by atoms with Crippen molar-refractivity contribution in [1.82, 2.24) is 5.32 Å². The number of amides is 1. The summed E-state index contributed by atoms with van der Waals surface area (Å²) in [6, 6.07) is -1.03. The monoisotopic (exact) mass is 198 g/mol. The first-order valence-electron chi connectivity index (χ1n) is 4.19. The number of aliphatic carboxylic acids is 1. The largest absolute Gasteiger partial charge is 0.480 e. The second-order valence-electron chi connectivity index (χ2n) is 2.94. The van der Waals surface area contributed by atoms with Gasteiger partial charge in [-0.15, -0.1) is 12.3 Å². The van der Waals surface area contributed by atoms with Gasteiger partial charge in [0.2, 0.25) is 5.91 Å². The maximum atomic E-state index is 11.2. The van der Waals surface area contributed by atoms with Crippen LogP contribution in [0.2, 0.25) is 0 Å². The molecule has 0 bridgehead atoms. The Labute approximate surface area is 82.7 Å². The van der Waals surface area contributed by atoms with Crippen LogP contribution in [0.1, 0.15) is 13.3 Å². The molecule has 0 aliphatic heterocycles. The predicted molar refractivity (Wildman–Crippen MR) is 51.2 cm³/mol. The number of carbonyl (C=O) groups is 2. The van der Waals surface area contributed by atoms with Crippen molar-refractivity contribution in [2.75, 3.05) is 6.54 Å². The minimum absolute atomic E-state index is 0.0294. The van der Waals surface area contributed by atoms with Gasteiger partial charge >= 0.3 is 5.97 Å². The minimum Gasteiger partial charge on any atom is -0.480 e. The lowest BCUT2D eigenvalue weighted by Gasteiger charge is -2.14. The van der Waals surface area contributed by atoms with E-state index >= 15 is 0 Å². The number of carboxylic acid groups (broad SMARTS) is 1. The second-order valence-corrected chi connectivity index (χ2v) is 2.94. The Morgan fingerprint density at radius 3 is 2.57 bits per heavy atom. The lowest BCUT2D eigenvalue weighted by molar-refractivity contribution is -0.142. The van der Waals surface area contributed by atoms with E-state index in [1.165, 1.54) is 0 Å². The number of carboxylic acids is 1. The number of hydrogen-bond acceptors (Lipinski definition) is 3. The Kier molecular flexibility index (Phi) is 5.34. The number of carbonyl (C=O) groups excluding carboxylic acids is 1. The third kappa shape index (κ3) is 3.92. The molecular formula is C9H14N2O3. The van der Waals surface area contributed by atoms with E-state index in [-0.39, 0.29) is 13.0 Å². The van der Waals surface area contributed by atoms with E-state index in [2.05, 4.69) is 11.2 Å². The van der Waals surface area contributed by atoms with Crippen LogP contribution in [0.25, 0.3) is 0 Å². The first kappa shape index (κ1) is 12.5. The third-order valence-corrected chi connectivity index (χ3v) is 1.74.